The number of carbonyl (C=O) groups excluding carboxylic acids is 1. The fraction of sp³-hybridized carbons (Fsp3) is 0.136. The van der Waals surface area contributed by atoms with Crippen molar-refractivity contribution in [1.29, 1.82) is 0 Å². The number of hydrogen-bond acceptors (Lipinski definition) is 4. The number of aromatic nitrogens is 3. The van der Waals surface area contributed by atoms with Gasteiger partial charge in [0.05, 0.1) is 18.9 Å². The lowest BCUT2D eigenvalue weighted by Gasteiger charge is -2.10. The average molecular weight is 459 g/mol. The van der Waals surface area contributed by atoms with E-state index in [1.54, 1.807) is 47.4 Å². The van der Waals surface area contributed by atoms with Crippen LogP contribution in [-0.2, 0) is 17.8 Å². The first-order chi connectivity index (χ1) is 15.0. The van der Waals surface area contributed by atoms with Crippen molar-refractivity contribution in [3.8, 4) is 11.3 Å². The van der Waals surface area contributed by atoms with Crippen LogP contribution in [0.3, 0.4) is 0 Å². The summed E-state index contributed by atoms with van der Waals surface area (Å²) in [6.07, 6.45) is 3.66. The summed E-state index contributed by atoms with van der Waals surface area (Å²) in [5, 5.41) is 8.16. The van der Waals surface area contributed by atoms with Crippen LogP contribution in [0.5, 0.6) is 0 Å². The summed E-state index contributed by atoms with van der Waals surface area (Å²) < 4.78 is 20.4. The van der Waals surface area contributed by atoms with Crippen LogP contribution < -0.4 is 5.32 Å². The predicted molar refractivity (Wildman–Crippen MR) is 117 cm³/mol. The number of nitrogens with one attached hydrogen (secondary N) is 1. The number of halogens is 3. The molecule has 4 aromatic rings. The molecule has 0 fully saturated rings. The van der Waals surface area contributed by atoms with Crippen LogP contribution in [0, 0.1) is 5.82 Å². The lowest BCUT2D eigenvalue weighted by molar-refractivity contribution is -0.116. The second-order valence-corrected chi connectivity index (χ2v) is 7.63. The maximum atomic E-state index is 13.1. The van der Waals surface area contributed by atoms with Gasteiger partial charge < -0.3 is 9.73 Å². The van der Waals surface area contributed by atoms with Crippen molar-refractivity contribution in [2.75, 3.05) is 5.32 Å². The molecule has 9 heteroatoms. The van der Waals surface area contributed by atoms with Crippen molar-refractivity contribution < 1.29 is 13.6 Å². The van der Waals surface area contributed by atoms with E-state index in [2.05, 4.69) is 15.4 Å². The highest BCUT2D eigenvalue weighted by Gasteiger charge is 2.12. The van der Waals surface area contributed by atoms with Crippen LogP contribution in [0.4, 0.5) is 10.2 Å². The second kappa shape index (κ2) is 9.32. The number of hydrogen-bond donors (Lipinski definition) is 1. The maximum Gasteiger partial charge on any atom is 0.226 e. The van der Waals surface area contributed by atoms with Crippen molar-refractivity contribution in [1.82, 2.24) is 14.8 Å². The molecule has 2 aromatic heterocycles. The summed E-state index contributed by atoms with van der Waals surface area (Å²) in [5.41, 5.74) is 1.55. The molecule has 0 atom stereocenters. The Morgan fingerprint density at radius 3 is 2.71 bits per heavy atom. The van der Waals surface area contributed by atoms with Gasteiger partial charge in [0.25, 0.3) is 0 Å². The van der Waals surface area contributed by atoms with Crippen molar-refractivity contribution in [2.45, 2.75) is 19.4 Å². The van der Waals surface area contributed by atoms with E-state index < -0.39 is 0 Å². The molecule has 6 nitrogen and oxygen atoms in total. The number of amides is 1. The van der Waals surface area contributed by atoms with Gasteiger partial charge in [-0.25, -0.2) is 14.1 Å². The Balaban J connectivity index is 1.35. The first kappa shape index (κ1) is 21.1. The zero-order chi connectivity index (χ0) is 21.8. The first-order valence-corrected chi connectivity index (χ1v) is 10.2. The highest BCUT2D eigenvalue weighted by Crippen LogP contribution is 2.23. The van der Waals surface area contributed by atoms with Gasteiger partial charge in [0.2, 0.25) is 5.91 Å². The minimum absolute atomic E-state index is 0.177. The Kier molecular flexibility index (Phi) is 6.34. The smallest absolute Gasteiger partial charge is 0.226 e. The van der Waals surface area contributed by atoms with Crippen LogP contribution in [-0.4, -0.2) is 20.7 Å². The molecule has 0 spiro atoms. The van der Waals surface area contributed by atoms with Crippen LogP contribution in [0.2, 0.25) is 10.0 Å². The zero-order valence-electron chi connectivity index (χ0n) is 16.2. The monoisotopic (exact) mass is 458 g/mol. The number of oxazole rings is 1. The van der Waals surface area contributed by atoms with Gasteiger partial charge in [0.15, 0.2) is 11.7 Å². The van der Waals surface area contributed by atoms with Gasteiger partial charge in [-0.15, -0.1) is 0 Å². The average Bonchev–Trinajstić information content (AvgIpc) is 3.39. The fourth-order valence-corrected chi connectivity index (χ4v) is 3.44. The van der Waals surface area contributed by atoms with Gasteiger partial charge in [-0.05, 0) is 42.0 Å². The van der Waals surface area contributed by atoms with E-state index in [0.717, 1.165) is 11.1 Å². The van der Waals surface area contributed by atoms with E-state index in [4.69, 9.17) is 27.6 Å². The summed E-state index contributed by atoms with van der Waals surface area (Å²) in [7, 11) is 0. The predicted octanol–water partition coefficient (Wildman–Crippen LogP) is 5.60. The molecule has 2 aromatic carbocycles. The molecule has 31 heavy (non-hydrogen) atoms. The number of rotatable bonds is 7. The molecule has 0 unspecified atom stereocenters. The van der Waals surface area contributed by atoms with E-state index in [-0.39, 0.29) is 18.1 Å². The molecule has 1 amide bonds. The Morgan fingerprint density at radius 1 is 1.13 bits per heavy atom. The van der Waals surface area contributed by atoms with Gasteiger partial charge in [0, 0.05) is 34.5 Å². The van der Waals surface area contributed by atoms with E-state index in [0.29, 0.717) is 40.5 Å². The van der Waals surface area contributed by atoms with Crippen molar-refractivity contribution in [3.63, 3.8) is 0 Å². The number of anilines is 1. The standard InChI is InChI=1S/C22H17Cl2FN4O2/c23-16-4-1-15(18(24)11-16)13-29-20(9-10-27-29)28-21(30)7-8-22-26-12-19(31-22)14-2-5-17(25)6-3-14/h1-6,9-12H,7-8,13H2,(H,28,30). The minimum atomic E-state index is -0.322. The van der Waals surface area contributed by atoms with E-state index in [1.807, 2.05) is 6.07 Å². The van der Waals surface area contributed by atoms with Crippen LogP contribution in [0.1, 0.15) is 17.9 Å². The molecule has 0 radical (unpaired) electrons. The van der Waals surface area contributed by atoms with Gasteiger partial charge in [0.1, 0.15) is 11.6 Å². The molecule has 2 heterocycles. The molecule has 0 aliphatic rings. The third-order valence-electron chi connectivity index (χ3n) is 4.57. The summed E-state index contributed by atoms with van der Waals surface area (Å²) in [6.45, 7) is 0.388. The lowest BCUT2D eigenvalue weighted by atomic mass is 10.2. The molecule has 0 aliphatic heterocycles. The molecule has 0 saturated carbocycles. The zero-order valence-corrected chi connectivity index (χ0v) is 17.7. The SMILES string of the molecule is O=C(CCc1ncc(-c2ccc(F)cc2)o1)Nc1ccnn1Cc1ccc(Cl)cc1Cl. The molecular weight excluding hydrogens is 442 g/mol. The van der Waals surface area contributed by atoms with Crippen molar-refractivity contribution in [2.24, 2.45) is 0 Å². The number of nitrogens with zero attached hydrogens (tertiary/aromatic N) is 3. The molecule has 158 valence electrons. The van der Waals surface area contributed by atoms with Gasteiger partial charge >= 0.3 is 0 Å². The third-order valence-corrected chi connectivity index (χ3v) is 5.15. The third kappa shape index (κ3) is 5.31. The molecule has 0 saturated heterocycles. The normalized spacial score (nSPS) is 10.9. The largest absolute Gasteiger partial charge is 0.441 e. The second-order valence-electron chi connectivity index (χ2n) is 6.78. The van der Waals surface area contributed by atoms with E-state index >= 15 is 0 Å². The summed E-state index contributed by atoms with van der Waals surface area (Å²) >= 11 is 12.2. The lowest BCUT2D eigenvalue weighted by Crippen LogP contribution is -2.16. The molecule has 4 rings (SSSR count). The molecule has 0 bridgehead atoms. The quantitative estimate of drug-likeness (QED) is 0.390. The summed E-state index contributed by atoms with van der Waals surface area (Å²) in [6, 6.07) is 12.9. The number of benzene rings is 2. The van der Waals surface area contributed by atoms with E-state index in [9.17, 15) is 9.18 Å². The van der Waals surface area contributed by atoms with E-state index in [1.165, 1.54) is 12.1 Å². The Bertz CT molecular complexity index is 1200. The Labute approximate surface area is 187 Å². The van der Waals surface area contributed by atoms with Gasteiger partial charge in [-0.1, -0.05) is 29.3 Å². The number of aryl methyl sites for hydroxylation is 1. The topological polar surface area (TPSA) is 73.0 Å². The van der Waals surface area contributed by atoms with Gasteiger partial charge in [-0.2, -0.15) is 5.10 Å². The first-order valence-electron chi connectivity index (χ1n) is 9.44. The Hall–Kier alpha value is -3.16. The fourth-order valence-electron chi connectivity index (χ4n) is 2.98. The van der Waals surface area contributed by atoms with Crippen LogP contribution in [0.25, 0.3) is 11.3 Å². The van der Waals surface area contributed by atoms with Gasteiger partial charge in [-0.3, -0.25) is 4.79 Å². The summed E-state index contributed by atoms with van der Waals surface area (Å²) in [4.78, 5) is 16.6. The Morgan fingerprint density at radius 2 is 1.94 bits per heavy atom. The molecular formula is C22H17Cl2FN4O2. The minimum Gasteiger partial charge on any atom is -0.441 e. The van der Waals surface area contributed by atoms with Crippen molar-refractivity contribution in [3.05, 3.63) is 88.2 Å². The van der Waals surface area contributed by atoms with Crippen molar-refractivity contribution >= 4 is 34.9 Å². The highest BCUT2D eigenvalue weighted by atomic mass is 35.5. The summed E-state index contributed by atoms with van der Waals surface area (Å²) in [5.74, 6) is 0.975. The molecule has 0 aliphatic carbocycles. The maximum absolute atomic E-state index is 13.1. The highest BCUT2D eigenvalue weighted by molar-refractivity contribution is 6.35. The van der Waals surface area contributed by atoms with Crippen LogP contribution >= 0.6 is 23.2 Å². The number of carbonyl (C=O) groups is 1. The molecule has 1 N–H and O–H groups in total. The van der Waals surface area contributed by atoms with Crippen LogP contribution in [0.15, 0.2) is 65.3 Å².